The third kappa shape index (κ3) is 3.77. The molecule has 0 aromatic carbocycles. The average Bonchev–Trinajstić information content (AvgIpc) is 2.07. The molecule has 1 saturated heterocycles. The summed E-state index contributed by atoms with van der Waals surface area (Å²) in [6.45, 7) is 8.08. The van der Waals surface area contributed by atoms with Crippen LogP contribution in [0.15, 0.2) is 0 Å². The van der Waals surface area contributed by atoms with Crippen molar-refractivity contribution >= 4 is 5.91 Å². The predicted molar refractivity (Wildman–Crippen MR) is 55.3 cm³/mol. The lowest BCUT2D eigenvalue weighted by atomic mass is 9.87. The number of hydrogen-bond donors (Lipinski definition) is 1. The molecule has 0 radical (unpaired) electrons. The molecule has 2 unspecified atom stereocenters. The topological polar surface area (TPSA) is 46.3 Å². The Hall–Kier alpha value is -0.570. The van der Waals surface area contributed by atoms with Gasteiger partial charge < -0.3 is 10.6 Å². The van der Waals surface area contributed by atoms with Crippen LogP contribution in [0.1, 0.15) is 27.2 Å². The predicted octanol–water partition coefficient (Wildman–Crippen LogP) is 1.09. The SMILES string of the molecule is CC.CC1CN(C)CCC1C(N)=O. The first-order valence-corrected chi connectivity index (χ1v) is 5.09. The smallest absolute Gasteiger partial charge is 0.220 e. The lowest BCUT2D eigenvalue weighted by molar-refractivity contribution is -0.124. The van der Waals surface area contributed by atoms with E-state index >= 15 is 0 Å². The van der Waals surface area contributed by atoms with Crippen LogP contribution in [0.2, 0.25) is 0 Å². The van der Waals surface area contributed by atoms with Crippen molar-refractivity contribution in [2.75, 3.05) is 20.1 Å². The summed E-state index contributed by atoms with van der Waals surface area (Å²) in [6, 6.07) is 0. The Bertz CT molecular complexity index is 159. The molecule has 1 aliphatic rings. The molecule has 0 spiro atoms. The minimum Gasteiger partial charge on any atom is -0.369 e. The molecule has 78 valence electrons. The summed E-state index contributed by atoms with van der Waals surface area (Å²) >= 11 is 0. The van der Waals surface area contributed by atoms with Crippen molar-refractivity contribution in [3.05, 3.63) is 0 Å². The molecule has 1 amide bonds. The van der Waals surface area contributed by atoms with E-state index in [0.29, 0.717) is 5.92 Å². The van der Waals surface area contributed by atoms with Crippen LogP contribution in [-0.4, -0.2) is 30.9 Å². The van der Waals surface area contributed by atoms with Crippen LogP contribution in [0.5, 0.6) is 0 Å². The minimum absolute atomic E-state index is 0.103. The summed E-state index contributed by atoms with van der Waals surface area (Å²) in [7, 11) is 2.08. The highest BCUT2D eigenvalue weighted by Gasteiger charge is 2.27. The monoisotopic (exact) mass is 186 g/mol. The van der Waals surface area contributed by atoms with E-state index in [1.54, 1.807) is 0 Å². The van der Waals surface area contributed by atoms with E-state index in [1.807, 2.05) is 13.8 Å². The molecule has 1 rings (SSSR count). The standard InChI is InChI=1S/C8H16N2O.C2H6/c1-6-5-10(2)4-3-7(6)8(9)11;1-2/h6-7H,3-5H2,1-2H3,(H2,9,11);1-2H3. The van der Waals surface area contributed by atoms with Gasteiger partial charge in [-0.1, -0.05) is 20.8 Å². The fourth-order valence-electron chi connectivity index (χ4n) is 1.78. The molecule has 2 atom stereocenters. The van der Waals surface area contributed by atoms with Gasteiger partial charge in [-0.05, 0) is 25.9 Å². The highest BCUT2D eigenvalue weighted by Crippen LogP contribution is 2.21. The van der Waals surface area contributed by atoms with Gasteiger partial charge in [0, 0.05) is 12.5 Å². The molecule has 1 fully saturated rings. The second-order valence-electron chi connectivity index (χ2n) is 3.54. The molecule has 3 heteroatoms. The molecule has 1 heterocycles. The molecule has 13 heavy (non-hydrogen) atoms. The number of hydrogen-bond acceptors (Lipinski definition) is 2. The Morgan fingerprint density at radius 2 is 2.00 bits per heavy atom. The normalized spacial score (nSPS) is 28.9. The summed E-state index contributed by atoms with van der Waals surface area (Å²) < 4.78 is 0. The lowest BCUT2D eigenvalue weighted by Gasteiger charge is -2.32. The van der Waals surface area contributed by atoms with Crippen molar-refractivity contribution < 1.29 is 4.79 Å². The molecule has 0 aromatic heterocycles. The van der Waals surface area contributed by atoms with E-state index in [1.165, 1.54) is 0 Å². The Kier molecular flexibility index (Phi) is 5.71. The number of rotatable bonds is 1. The number of likely N-dealkylation sites (tertiary alicyclic amines) is 1. The molecule has 3 nitrogen and oxygen atoms in total. The number of nitrogens with two attached hydrogens (primary N) is 1. The van der Waals surface area contributed by atoms with Crippen LogP contribution < -0.4 is 5.73 Å². The van der Waals surface area contributed by atoms with Crippen LogP contribution in [0, 0.1) is 11.8 Å². The van der Waals surface area contributed by atoms with Gasteiger partial charge in [-0.25, -0.2) is 0 Å². The second-order valence-corrected chi connectivity index (χ2v) is 3.54. The van der Waals surface area contributed by atoms with E-state index in [4.69, 9.17) is 5.73 Å². The zero-order valence-corrected chi connectivity index (χ0v) is 9.21. The van der Waals surface area contributed by atoms with Crippen LogP contribution in [0.4, 0.5) is 0 Å². The molecular formula is C10H22N2O. The summed E-state index contributed by atoms with van der Waals surface area (Å²) in [4.78, 5) is 13.1. The number of carbonyl (C=O) groups excluding carboxylic acids is 1. The van der Waals surface area contributed by atoms with Crippen molar-refractivity contribution in [3.63, 3.8) is 0 Å². The maximum atomic E-state index is 10.9. The third-order valence-electron chi connectivity index (χ3n) is 2.47. The molecule has 1 aliphatic heterocycles. The first kappa shape index (κ1) is 12.4. The first-order chi connectivity index (χ1) is 6.11. The zero-order valence-electron chi connectivity index (χ0n) is 9.21. The van der Waals surface area contributed by atoms with Gasteiger partial charge in [0.2, 0.25) is 5.91 Å². The quantitative estimate of drug-likeness (QED) is 0.666. The van der Waals surface area contributed by atoms with Crippen molar-refractivity contribution in [1.82, 2.24) is 4.90 Å². The number of piperidine rings is 1. The summed E-state index contributed by atoms with van der Waals surface area (Å²) in [5.74, 6) is 0.392. The number of amides is 1. The fourth-order valence-corrected chi connectivity index (χ4v) is 1.78. The highest BCUT2D eigenvalue weighted by atomic mass is 16.1. The van der Waals surface area contributed by atoms with E-state index in [-0.39, 0.29) is 11.8 Å². The summed E-state index contributed by atoms with van der Waals surface area (Å²) in [6.07, 6.45) is 0.924. The van der Waals surface area contributed by atoms with Crippen molar-refractivity contribution in [2.45, 2.75) is 27.2 Å². The van der Waals surface area contributed by atoms with Crippen LogP contribution >= 0.6 is 0 Å². The number of carbonyl (C=O) groups is 1. The molecule has 0 aliphatic carbocycles. The average molecular weight is 186 g/mol. The van der Waals surface area contributed by atoms with Crippen LogP contribution in [0.3, 0.4) is 0 Å². The Morgan fingerprint density at radius 3 is 2.38 bits per heavy atom. The van der Waals surface area contributed by atoms with Gasteiger partial charge in [0.1, 0.15) is 0 Å². The largest absolute Gasteiger partial charge is 0.369 e. The second kappa shape index (κ2) is 5.97. The van der Waals surface area contributed by atoms with Gasteiger partial charge in [0.25, 0.3) is 0 Å². The molecule has 0 bridgehead atoms. The number of nitrogens with zero attached hydrogens (tertiary/aromatic N) is 1. The minimum atomic E-state index is -0.134. The van der Waals surface area contributed by atoms with E-state index in [2.05, 4.69) is 18.9 Å². The fraction of sp³-hybridized carbons (Fsp3) is 0.900. The number of primary amides is 1. The van der Waals surface area contributed by atoms with Gasteiger partial charge in [0.05, 0.1) is 0 Å². The van der Waals surface area contributed by atoms with E-state index < -0.39 is 0 Å². The van der Waals surface area contributed by atoms with Crippen LogP contribution in [0.25, 0.3) is 0 Å². The highest BCUT2D eigenvalue weighted by molar-refractivity contribution is 5.77. The lowest BCUT2D eigenvalue weighted by Crippen LogP contribution is -2.42. The van der Waals surface area contributed by atoms with Crippen LogP contribution in [-0.2, 0) is 4.79 Å². The Labute approximate surface area is 81.3 Å². The van der Waals surface area contributed by atoms with Crippen molar-refractivity contribution in [3.8, 4) is 0 Å². The molecular weight excluding hydrogens is 164 g/mol. The van der Waals surface area contributed by atoms with Crippen molar-refractivity contribution in [2.24, 2.45) is 17.6 Å². The Balaban J connectivity index is 0.000000671. The van der Waals surface area contributed by atoms with Crippen molar-refractivity contribution in [1.29, 1.82) is 0 Å². The molecule has 0 saturated carbocycles. The van der Waals surface area contributed by atoms with E-state index in [9.17, 15) is 4.79 Å². The first-order valence-electron chi connectivity index (χ1n) is 5.09. The maximum absolute atomic E-state index is 10.9. The Morgan fingerprint density at radius 1 is 1.46 bits per heavy atom. The zero-order chi connectivity index (χ0) is 10.4. The summed E-state index contributed by atoms with van der Waals surface area (Å²) in [5, 5.41) is 0. The van der Waals surface area contributed by atoms with Gasteiger partial charge in [-0.15, -0.1) is 0 Å². The van der Waals surface area contributed by atoms with Gasteiger partial charge >= 0.3 is 0 Å². The molecule has 0 aromatic rings. The summed E-state index contributed by atoms with van der Waals surface area (Å²) in [5.41, 5.74) is 5.25. The van der Waals surface area contributed by atoms with E-state index in [0.717, 1.165) is 19.5 Å². The maximum Gasteiger partial charge on any atom is 0.220 e. The van der Waals surface area contributed by atoms with Gasteiger partial charge in [0.15, 0.2) is 0 Å². The van der Waals surface area contributed by atoms with Gasteiger partial charge in [-0.2, -0.15) is 0 Å². The third-order valence-corrected chi connectivity index (χ3v) is 2.47. The van der Waals surface area contributed by atoms with Gasteiger partial charge in [-0.3, -0.25) is 4.79 Å². The molecule has 2 N–H and O–H groups in total.